The largest absolute Gasteiger partial charge is 0.387 e. The molecule has 0 aliphatic carbocycles. The molecule has 0 unspecified atom stereocenters. The molecule has 6 rings (SSSR count). The van der Waals surface area contributed by atoms with Crippen LogP contribution in [0.5, 0.6) is 0 Å². The minimum absolute atomic E-state index is 0.178. The first-order valence-corrected chi connectivity index (χ1v) is 9.09. The lowest BCUT2D eigenvalue weighted by Gasteiger charge is -2.50. The molecule has 9 atom stereocenters. The monoisotopic (exact) mass is 393 g/mol. The number of rotatable bonds is 1. The van der Waals surface area contributed by atoms with E-state index in [-0.39, 0.29) is 18.8 Å². The van der Waals surface area contributed by atoms with Crippen LogP contribution in [0, 0.1) is 0 Å². The third kappa shape index (κ3) is 2.05. The Balaban J connectivity index is 1.34. The van der Waals surface area contributed by atoms with E-state index in [1.807, 2.05) is 0 Å². The van der Waals surface area contributed by atoms with E-state index in [2.05, 4.69) is 15.0 Å². The molecule has 2 bridgehead atoms. The molecule has 0 saturated carbocycles. The van der Waals surface area contributed by atoms with Gasteiger partial charge in [-0.15, -0.1) is 0 Å². The van der Waals surface area contributed by atoms with Crippen molar-refractivity contribution in [2.45, 2.75) is 61.2 Å². The van der Waals surface area contributed by atoms with Gasteiger partial charge >= 0.3 is 0 Å². The molecule has 4 saturated heterocycles. The Morgan fingerprint density at radius 1 is 1.14 bits per heavy atom. The van der Waals surface area contributed by atoms with E-state index < -0.39 is 54.7 Å². The van der Waals surface area contributed by atoms with Crippen LogP contribution in [0.4, 0.5) is 5.82 Å². The minimum atomic E-state index is -1.86. The van der Waals surface area contributed by atoms with Crippen molar-refractivity contribution in [3.05, 3.63) is 12.7 Å². The van der Waals surface area contributed by atoms with Gasteiger partial charge in [0.1, 0.15) is 48.5 Å². The standard InChI is InChI=1S/C16H19N5O7/c17-13-8-14(19-3-18-13)21(4-20-8)15-10(23)11-5(27-15)1-7-16(24,28-11)12-9(22)6(26-7)2-25-12/h3-7,9-12,15,22-24H,1-2H2,(H2,17,18,19)/t5-,6-,7-,9-,10-,11+,12+,15-,16-/m1/s1. The number of aliphatic hydroxyl groups excluding tert-OH is 2. The maximum Gasteiger partial charge on any atom is 0.222 e. The fourth-order valence-electron chi connectivity index (χ4n) is 4.70. The van der Waals surface area contributed by atoms with Crippen molar-refractivity contribution in [1.82, 2.24) is 19.5 Å². The third-order valence-corrected chi connectivity index (χ3v) is 6.08. The van der Waals surface area contributed by atoms with E-state index >= 15 is 0 Å². The summed E-state index contributed by atoms with van der Waals surface area (Å²) in [6.07, 6.45) is -3.49. The van der Waals surface area contributed by atoms with Crippen molar-refractivity contribution in [3.63, 3.8) is 0 Å². The third-order valence-electron chi connectivity index (χ3n) is 6.08. The number of anilines is 1. The molecule has 6 heterocycles. The lowest BCUT2D eigenvalue weighted by molar-refractivity contribution is -0.378. The number of imidazole rings is 1. The van der Waals surface area contributed by atoms with Crippen LogP contribution in [0.15, 0.2) is 12.7 Å². The number of ether oxygens (including phenoxy) is 4. The summed E-state index contributed by atoms with van der Waals surface area (Å²) in [4.78, 5) is 12.3. The molecular formula is C16H19N5O7. The summed E-state index contributed by atoms with van der Waals surface area (Å²) in [5, 5.41) is 32.2. The van der Waals surface area contributed by atoms with Crippen molar-refractivity contribution < 1.29 is 34.3 Å². The fraction of sp³-hybridized carbons (Fsp3) is 0.688. The van der Waals surface area contributed by atoms with Gasteiger partial charge in [0.15, 0.2) is 17.7 Å². The summed E-state index contributed by atoms with van der Waals surface area (Å²) in [5.41, 5.74) is 6.64. The Morgan fingerprint density at radius 3 is 2.86 bits per heavy atom. The molecule has 0 aromatic carbocycles. The Hall–Kier alpha value is -1.93. The van der Waals surface area contributed by atoms with Gasteiger partial charge in [0, 0.05) is 6.42 Å². The van der Waals surface area contributed by atoms with E-state index in [0.717, 1.165) is 0 Å². The highest BCUT2D eigenvalue weighted by atomic mass is 16.7. The molecule has 28 heavy (non-hydrogen) atoms. The zero-order valence-electron chi connectivity index (χ0n) is 14.5. The number of aliphatic hydroxyl groups is 3. The summed E-state index contributed by atoms with van der Waals surface area (Å²) in [5.74, 6) is -1.64. The molecule has 2 aromatic heterocycles. The smallest absolute Gasteiger partial charge is 0.222 e. The summed E-state index contributed by atoms with van der Waals surface area (Å²) in [6.45, 7) is 0.178. The number of nitrogens with zero attached hydrogens (tertiary/aromatic N) is 4. The first kappa shape index (κ1) is 17.0. The molecule has 12 heteroatoms. The van der Waals surface area contributed by atoms with Crippen LogP contribution in [-0.4, -0.2) is 90.0 Å². The highest BCUT2D eigenvalue weighted by Gasteiger charge is 2.66. The molecule has 2 aromatic rings. The van der Waals surface area contributed by atoms with E-state index in [0.29, 0.717) is 11.2 Å². The van der Waals surface area contributed by atoms with Gasteiger partial charge in [0.25, 0.3) is 0 Å². The van der Waals surface area contributed by atoms with Gasteiger partial charge < -0.3 is 40.0 Å². The van der Waals surface area contributed by atoms with Gasteiger partial charge in [-0.05, 0) is 0 Å². The van der Waals surface area contributed by atoms with Crippen LogP contribution >= 0.6 is 0 Å². The van der Waals surface area contributed by atoms with Crippen LogP contribution in [-0.2, 0) is 18.9 Å². The minimum Gasteiger partial charge on any atom is -0.387 e. The van der Waals surface area contributed by atoms with Crippen molar-refractivity contribution in [3.8, 4) is 0 Å². The van der Waals surface area contributed by atoms with Crippen molar-refractivity contribution in [2.75, 3.05) is 12.3 Å². The summed E-state index contributed by atoms with van der Waals surface area (Å²) < 4.78 is 24.7. The van der Waals surface area contributed by atoms with Crippen LogP contribution < -0.4 is 5.73 Å². The lowest BCUT2D eigenvalue weighted by atomic mass is 9.86. The Labute approximate surface area is 157 Å². The van der Waals surface area contributed by atoms with Crippen molar-refractivity contribution in [2.24, 2.45) is 0 Å². The Morgan fingerprint density at radius 2 is 2.00 bits per heavy atom. The number of nitrogen functional groups attached to an aromatic ring is 1. The first-order valence-electron chi connectivity index (χ1n) is 9.09. The Bertz CT molecular complexity index is 941. The molecule has 150 valence electrons. The quantitative estimate of drug-likeness (QED) is 0.410. The molecule has 12 nitrogen and oxygen atoms in total. The average molecular weight is 393 g/mol. The maximum atomic E-state index is 11.1. The van der Waals surface area contributed by atoms with Gasteiger partial charge in [-0.3, -0.25) is 4.57 Å². The van der Waals surface area contributed by atoms with Crippen LogP contribution in [0.3, 0.4) is 0 Å². The molecule has 4 aliphatic rings. The van der Waals surface area contributed by atoms with Gasteiger partial charge in [-0.25, -0.2) is 15.0 Å². The predicted molar refractivity (Wildman–Crippen MR) is 88.5 cm³/mol. The van der Waals surface area contributed by atoms with Gasteiger partial charge in [-0.1, -0.05) is 0 Å². The molecule has 0 spiro atoms. The SMILES string of the molecule is Nc1ncnc2c1ncn2[C@@H]1O[C@@H]2C[C@H]3O[C@@H]4CO[C@@H]([C@@H]4O)[C@]3(O)O[C@@H]2[C@H]1O. The summed E-state index contributed by atoms with van der Waals surface area (Å²) in [7, 11) is 0. The topological polar surface area (TPSA) is 167 Å². The number of hydrogen-bond acceptors (Lipinski definition) is 11. The molecule has 0 radical (unpaired) electrons. The number of aromatic nitrogens is 4. The second kappa shape index (κ2) is 5.57. The van der Waals surface area contributed by atoms with Gasteiger partial charge in [0.05, 0.1) is 19.0 Å². The lowest BCUT2D eigenvalue weighted by Crippen LogP contribution is -2.69. The molecular weight excluding hydrogens is 374 g/mol. The van der Waals surface area contributed by atoms with Gasteiger partial charge in [-0.2, -0.15) is 0 Å². The van der Waals surface area contributed by atoms with Crippen molar-refractivity contribution in [1.29, 1.82) is 0 Å². The number of fused-ring (bicyclic) bond motifs is 6. The highest BCUT2D eigenvalue weighted by Crippen LogP contribution is 2.48. The number of hydrogen-bond donors (Lipinski definition) is 4. The molecule has 4 aliphatic heterocycles. The maximum absolute atomic E-state index is 11.1. The van der Waals surface area contributed by atoms with E-state index in [4.69, 9.17) is 24.7 Å². The first-order chi connectivity index (χ1) is 13.5. The van der Waals surface area contributed by atoms with Crippen LogP contribution in [0.25, 0.3) is 11.2 Å². The Kier molecular flexibility index (Phi) is 3.38. The van der Waals surface area contributed by atoms with E-state index in [1.54, 1.807) is 4.57 Å². The molecule has 5 N–H and O–H groups in total. The normalized spacial score (nSPS) is 47.2. The fourth-order valence-corrected chi connectivity index (χ4v) is 4.70. The predicted octanol–water partition coefficient (Wildman–Crippen LogP) is -2.33. The van der Waals surface area contributed by atoms with Crippen LogP contribution in [0.1, 0.15) is 12.6 Å². The highest BCUT2D eigenvalue weighted by molar-refractivity contribution is 5.81. The second-order valence-electron chi connectivity index (χ2n) is 7.62. The van der Waals surface area contributed by atoms with Crippen LogP contribution in [0.2, 0.25) is 0 Å². The molecule has 4 fully saturated rings. The summed E-state index contributed by atoms with van der Waals surface area (Å²) >= 11 is 0. The molecule has 0 amide bonds. The zero-order valence-corrected chi connectivity index (χ0v) is 14.5. The number of nitrogens with two attached hydrogens (primary N) is 1. The average Bonchev–Trinajstić information content (AvgIpc) is 3.31. The van der Waals surface area contributed by atoms with Crippen molar-refractivity contribution >= 4 is 17.0 Å². The van der Waals surface area contributed by atoms with E-state index in [1.165, 1.54) is 12.7 Å². The summed E-state index contributed by atoms with van der Waals surface area (Å²) in [6, 6.07) is 0. The van der Waals surface area contributed by atoms with E-state index in [9.17, 15) is 15.3 Å². The zero-order chi connectivity index (χ0) is 19.2. The second-order valence-corrected chi connectivity index (χ2v) is 7.62. The van der Waals surface area contributed by atoms with Gasteiger partial charge in [0.2, 0.25) is 5.79 Å².